The Morgan fingerprint density at radius 2 is 2.22 bits per heavy atom. The quantitative estimate of drug-likeness (QED) is 0.870. The van der Waals surface area contributed by atoms with E-state index in [1.807, 2.05) is 0 Å². The molecule has 98 valence electrons. The van der Waals surface area contributed by atoms with Crippen LogP contribution in [-0.4, -0.2) is 23.5 Å². The Morgan fingerprint density at radius 3 is 2.83 bits per heavy atom. The minimum absolute atomic E-state index is 0.0289. The summed E-state index contributed by atoms with van der Waals surface area (Å²) in [5.74, 6) is 0.129. The number of carbonyl (C=O) groups is 1. The SMILES string of the molecule is O=C1CCC(CNc2cccc(C(F)(F)F)n2)N1. The molecule has 0 radical (unpaired) electrons. The van der Waals surface area contributed by atoms with Crippen molar-refractivity contribution >= 4 is 11.7 Å². The Labute approximate surface area is 102 Å². The van der Waals surface area contributed by atoms with Gasteiger partial charge in [-0.1, -0.05) is 6.07 Å². The van der Waals surface area contributed by atoms with E-state index < -0.39 is 11.9 Å². The van der Waals surface area contributed by atoms with Gasteiger partial charge >= 0.3 is 6.18 Å². The third-order valence-corrected chi connectivity index (χ3v) is 2.65. The lowest BCUT2D eigenvalue weighted by atomic mass is 10.2. The first-order valence-electron chi connectivity index (χ1n) is 5.52. The number of hydrogen-bond donors (Lipinski definition) is 2. The topological polar surface area (TPSA) is 54.0 Å². The maximum Gasteiger partial charge on any atom is 0.433 e. The molecule has 1 fully saturated rings. The number of carbonyl (C=O) groups excluding carboxylic acids is 1. The van der Waals surface area contributed by atoms with Gasteiger partial charge in [-0.25, -0.2) is 4.98 Å². The first kappa shape index (κ1) is 12.7. The van der Waals surface area contributed by atoms with Crippen molar-refractivity contribution < 1.29 is 18.0 Å². The van der Waals surface area contributed by atoms with Crippen LogP contribution in [0.25, 0.3) is 0 Å². The average Bonchev–Trinajstić information content (AvgIpc) is 2.72. The minimum Gasteiger partial charge on any atom is -0.368 e. The van der Waals surface area contributed by atoms with Gasteiger partial charge in [0, 0.05) is 19.0 Å². The molecule has 1 aliphatic rings. The van der Waals surface area contributed by atoms with E-state index in [4.69, 9.17) is 0 Å². The molecule has 1 amide bonds. The van der Waals surface area contributed by atoms with Crippen molar-refractivity contribution in [2.75, 3.05) is 11.9 Å². The number of alkyl halides is 3. The van der Waals surface area contributed by atoms with E-state index in [1.54, 1.807) is 0 Å². The maximum absolute atomic E-state index is 12.4. The molecular weight excluding hydrogens is 247 g/mol. The zero-order valence-corrected chi connectivity index (χ0v) is 9.42. The molecule has 2 N–H and O–H groups in total. The van der Waals surface area contributed by atoms with Crippen molar-refractivity contribution in [2.45, 2.75) is 25.1 Å². The van der Waals surface area contributed by atoms with Crippen LogP contribution >= 0.6 is 0 Å². The Morgan fingerprint density at radius 1 is 1.44 bits per heavy atom. The van der Waals surface area contributed by atoms with Crippen molar-refractivity contribution in [1.82, 2.24) is 10.3 Å². The molecule has 1 unspecified atom stereocenters. The first-order chi connectivity index (χ1) is 8.45. The van der Waals surface area contributed by atoms with Gasteiger partial charge < -0.3 is 10.6 Å². The highest BCUT2D eigenvalue weighted by Gasteiger charge is 2.32. The average molecular weight is 259 g/mol. The number of pyridine rings is 1. The van der Waals surface area contributed by atoms with Crippen LogP contribution in [0.5, 0.6) is 0 Å². The van der Waals surface area contributed by atoms with Gasteiger partial charge in [0.25, 0.3) is 0 Å². The molecule has 1 atom stereocenters. The number of aromatic nitrogens is 1. The number of halogens is 3. The minimum atomic E-state index is -4.45. The maximum atomic E-state index is 12.4. The second-order valence-corrected chi connectivity index (χ2v) is 4.09. The summed E-state index contributed by atoms with van der Waals surface area (Å²) in [6.07, 6.45) is -3.30. The molecule has 0 aromatic carbocycles. The van der Waals surface area contributed by atoms with E-state index in [0.29, 0.717) is 19.4 Å². The summed E-state index contributed by atoms with van der Waals surface area (Å²) in [6, 6.07) is 3.63. The molecule has 0 spiro atoms. The van der Waals surface area contributed by atoms with Crippen molar-refractivity contribution in [1.29, 1.82) is 0 Å². The van der Waals surface area contributed by atoms with E-state index in [-0.39, 0.29) is 17.8 Å². The smallest absolute Gasteiger partial charge is 0.368 e. The number of hydrogen-bond acceptors (Lipinski definition) is 3. The molecule has 1 aromatic rings. The fourth-order valence-corrected chi connectivity index (χ4v) is 1.75. The van der Waals surface area contributed by atoms with Gasteiger partial charge in [0.1, 0.15) is 11.5 Å². The van der Waals surface area contributed by atoms with Crippen molar-refractivity contribution in [3.63, 3.8) is 0 Å². The number of amides is 1. The Bertz CT molecular complexity index is 447. The van der Waals surface area contributed by atoms with E-state index in [1.165, 1.54) is 12.1 Å². The molecule has 1 aromatic heterocycles. The third kappa shape index (κ3) is 3.12. The lowest BCUT2D eigenvalue weighted by Crippen LogP contribution is -2.32. The molecule has 1 saturated heterocycles. The summed E-state index contributed by atoms with van der Waals surface area (Å²) in [6.45, 7) is 0.375. The van der Waals surface area contributed by atoms with Gasteiger partial charge in [-0.15, -0.1) is 0 Å². The van der Waals surface area contributed by atoms with Crippen LogP contribution in [0.2, 0.25) is 0 Å². The van der Waals surface area contributed by atoms with Gasteiger partial charge in [0.15, 0.2) is 0 Å². The predicted octanol–water partition coefficient (Wildman–Crippen LogP) is 1.79. The van der Waals surface area contributed by atoms with E-state index in [0.717, 1.165) is 6.07 Å². The second-order valence-electron chi connectivity index (χ2n) is 4.09. The molecule has 1 aliphatic heterocycles. The molecule has 2 heterocycles. The summed E-state index contributed by atoms with van der Waals surface area (Å²) in [7, 11) is 0. The summed E-state index contributed by atoms with van der Waals surface area (Å²) >= 11 is 0. The highest BCUT2D eigenvalue weighted by molar-refractivity contribution is 5.78. The lowest BCUT2D eigenvalue weighted by Gasteiger charge is -2.13. The van der Waals surface area contributed by atoms with Crippen molar-refractivity contribution in [3.8, 4) is 0 Å². The van der Waals surface area contributed by atoms with Gasteiger partial charge in [-0.2, -0.15) is 13.2 Å². The number of anilines is 1. The Hall–Kier alpha value is -1.79. The highest BCUT2D eigenvalue weighted by Crippen LogP contribution is 2.28. The lowest BCUT2D eigenvalue weighted by molar-refractivity contribution is -0.141. The number of rotatable bonds is 3. The summed E-state index contributed by atoms with van der Waals surface area (Å²) in [4.78, 5) is 14.4. The van der Waals surface area contributed by atoms with Gasteiger partial charge in [0.05, 0.1) is 0 Å². The predicted molar refractivity (Wildman–Crippen MR) is 58.9 cm³/mol. The standard InChI is InChI=1S/C11H12F3N3O/c12-11(13,14)8-2-1-3-9(17-8)15-6-7-4-5-10(18)16-7/h1-3,7H,4-6H2,(H,15,17)(H,16,18). The van der Waals surface area contributed by atoms with Gasteiger partial charge in [0.2, 0.25) is 5.91 Å². The summed E-state index contributed by atoms with van der Waals surface area (Å²) in [5, 5.41) is 5.51. The molecule has 0 bridgehead atoms. The number of nitrogens with zero attached hydrogens (tertiary/aromatic N) is 1. The van der Waals surface area contributed by atoms with E-state index in [2.05, 4.69) is 15.6 Å². The molecule has 0 saturated carbocycles. The zero-order chi connectivity index (χ0) is 13.2. The Kier molecular flexibility index (Phi) is 3.40. The normalized spacial score (nSPS) is 19.7. The number of nitrogens with one attached hydrogen (secondary N) is 2. The van der Waals surface area contributed by atoms with Gasteiger partial charge in [-0.05, 0) is 18.6 Å². The highest BCUT2D eigenvalue weighted by atomic mass is 19.4. The van der Waals surface area contributed by atoms with E-state index in [9.17, 15) is 18.0 Å². The molecule has 4 nitrogen and oxygen atoms in total. The van der Waals surface area contributed by atoms with Gasteiger partial charge in [-0.3, -0.25) is 4.79 Å². The Balaban J connectivity index is 1.95. The molecule has 0 aliphatic carbocycles. The fraction of sp³-hybridized carbons (Fsp3) is 0.455. The molecule has 2 rings (SSSR count). The zero-order valence-electron chi connectivity index (χ0n) is 9.42. The van der Waals surface area contributed by atoms with Crippen LogP contribution in [0.1, 0.15) is 18.5 Å². The summed E-state index contributed by atoms with van der Waals surface area (Å²) in [5.41, 5.74) is -0.928. The molecule has 7 heteroatoms. The van der Waals surface area contributed by atoms with Crippen molar-refractivity contribution in [3.05, 3.63) is 23.9 Å². The van der Waals surface area contributed by atoms with Crippen LogP contribution in [-0.2, 0) is 11.0 Å². The van der Waals surface area contributed by atoms with Crippen LogP contribution in [0.15, 0.2) is 18.2 Å². The largest absolute Gasteiger partial charge is 0.433 e. The van der Waals surface area contributed by atoms with Crippen molar-refractivity contribution in [2.24, 2.45) is 0 Å². The monoisotopic (exact) mass is 259 g/mol. The summed E-state index contributed by atoms with van der Waals surface area (Å²) < 4.78 is 37.2. The van der Waals surface area contributed by atoms with Crippen LogP contribution in [0, 0.1) is 0 Å². The fourth-order valence-electron chi connectivity index (χ4n) is 1.75. The van der Waals surface area contributed by atoms with E-state index >= 15 is 0 Å². The molecule has 18 heavy (non-hydrogen) atoms. The van der Waals surface area contributed by atoms with Crippen LogP contribution in [0.3, 0.4) is 0 Å². The first-order valence-corrected chi connectivity index (χ1v) is 5.52. The van der Waals surface area contributed by atoms with Crippen LogP contribution in [0.4, 0.5) is 19.0 Å². The molecular formula is C11H12F3N3O. The van der Waals surface area contributed by atoms with Crippen LogP contribution < -0.4 is 10.6 Å². The third-order valence-electron chi connectivity index (χ3n) is 2.65. The second kappa shape index (κ2) is 4.83.